The van der Waals surface area contributed by atoms with Crippen molar-refractivity contribution < 1.29 is 18.0 Å². The molecule has 1 N–H and O–H groups in total. The van der Waals surface area contributed by atoms with Gasteiger partial charge >= 0.3 is 0 Å². The average Bonchev–Trinajstić information content (AvgIpc) is 3.06. The van der Waals surface area contributed by atoms with Crippen molar-refractivity contribution >= 4 is 35.0 Å². The zero-order valence-electron chi connectivity index (χ0n) is 12.5. The Hall–Kier alpha value is -2.45. The van der Waals surface area contributed by atoms with Gasteiger partial charge in [0.2, 0.25) is 11.8 Å². The molecule has 0 unspecified atom stereocenters. The zero-order valence-corrected chi connectivity index (χ0v) is 14.1. The van der Waals surface area contributed by atoms with Gasteiger partial charge in [-0.1, -0.05) is 29.4 Å². The quantitative estimate of drug-likeness (QED) is 0.663. The van der Waals surface area contributed by atoms with Gasteiger partial charge in [-0.2, -0.15) is 0 Å². The van der Waals surface area contributed by atoms with Crippen molar-refractivity contribution in [2.45, 2.75) is 5.22 Å². The maximum atomic E-state index is 13.5. The number of anilines is 1. The number of rotatable bonds is 5. The molecule has 0 saturated carbocycles. The first-order valence-corrected chi connectivity index (χ1v) is 8.35. The largest absolute Gasteiger partial charge is 0.411 e. The number of nitrogens with zero attached hydrogens (tertiary/aromatic N) is 2. The van der Waals surface area contributed by atoms with Crippen LogP contribution in [0.4, 0.5) is 14.5 Å². The van der Waals surface area contributed by atoms with E-state index in [1.807, 2.05) is 0 Å². The van der Waals surface area contributed by atoms with E-state index < -0.39 is 23.2 Å². The Labute approximate surface area is 150 Å². The van der Waals surface area contributed by atoms with Crippen molar-refractivity contribution in [2.75, 3.05) is 11.1 Å². The third-order valence-corrected chi connectivity index (χ3v) is 4.12. The summed E-state index contributed by atoms with van der Waals surface area (Å²) < 4.78 is 32.4. The number of thioether (sulfide) groups is 1. The summed E-state index contributed by atoms with van der Waals surface area (Å²) in [5.41, 5.74) is 0.196. The van der Waals surface area contributed by atoms with E-state index in [2.05, 4.69) is 15.5 Å². The molecule has 0 aliphatic rings. The minimum atomic E-state index is -0.846. The highest BCUT2D eigenvalue weighted by Crippen LogP contribution is 2.25. The van der Waals surface area contributed by atoms with Crippen LogP contribution in [0, 0.1) is 11.6 Å². The Balaban J connectivity index is 1.60. The van der Waals surface area contributed by atoms with E-state index >= 15 is 0 Å². The molecule has 0 aliphatic heterocycles. The monoisotopic (exact) mass is 381 g/mol. The average molecular weight is 382 g/mol. The molecule has 0 radical (unpaired) electrons. The fourth-order valence-electron chi connectivity index (χ4n) is 1.90. The summed E-state index contributed by atoms with van der Waals surface area (Å²) in [6, 6.07) is 10.1. The lowest BCUT2D eigenvalue weighted by molar-refractivity contribution is -0.113. The summed E-state index contributed by atoms with van der Waals surface area (Å²) in [4.78, 5) is 11.8. The molecule has 0 saturated heterocycles. The Morgan fingerprint density at radius 2 is 1.80 bits per heavy atom. The Morgan fingerprint density at radius 1 is 1.12 bits per heavy atom. The summed E-state index contributed by atoms with van der Waals surface area (Å²) in [6.45, 7) is 0. The number of hydrogen-bond donors (Lipinski definition) is 1. The smallest absolute Gasteiger partial charge is 0.277 e. The molecule has 0 aliphatic carbocycles. The van der Waals surface area contributed by atoms with Crippen LogP contribution in [-0.2, 0) is 4.79 Å². The van der Waals surface area contributed by atoms with E-state index in [9.17, 15) is 13.6 Å². The first kappa shape index (κ1) is 17.4. The van der Waals surface area contributed by atoms with Gasteiger partial charge < -0.3 is 9.73 Å². The second-order valence-electron chi connectivity index (χ2n) is 4.81. The Bertz CT molecular complexity index is 882. The molecule has 0 spiro atoms. The molecule has 25 heavy (non-hydrogen) atoms. The molecule has 0 fully saturated rings. The van der Waals surface area contributed by atoms with Crippen LogP contribution in [0.3, 0.4) is 0 Å². The van der Waals surface area contributed by atoms with Crippen LogP contribution >= 0.6 is 23.4 Å². The summed E-state index contributed by atoms with van der Waals surface area (Å²) in [6.07, 6.45) is 0. The van der Waals surface area contributed by atoms with Crippen molar-refractivity contribution in [1.29, 1.82) is 0 Å². The molecular weight excluding hydrogens is 372 g/mol. The summed E-state index contributed by atoms with van der Waals surface area (Å²) in [5, 5.41) is 10.6. The normalized spacial score (nSPS) is 10.7. The van der Waals surface area contributed by atoms with E-state index in [0.717, 1.165) is 23.9 Å². The van der Waals surface area contributed by atoms with Gasteiger partial charge in [-0.15, -0.1) is 10.2 Å². The fraction of sp³-hybridized carbons (Fsp3) is 0.0625. The van der Waals surface area contributed by atoms with Gasteiger partial charge in [-0.05, 0) is 36.4 Å². The van der Waals surface area contributed by atoms with Gasteiger partial charge in [0.25, 0.3) is 5.22 Å². The van der Waals surface area contributed by atoms with Crippen molar-refractivity contribution in [3.8, 4) is 11.5 Å². The van der Waals surface area contributed by atoms with Gasteiger partial charge in [0.05, 0.1) is 5.75 Å². The van der Waals surface area contributed by atoms with Gasteiger partial charge in [0.1, 0.15) is 17.3 Å². The highest BCUT2D eigenvalue weighted by molar-refractivity contribution is 7.99. The fourth-order valence-corrected chi connectivity index (χ4v) is 2.59. The van der Waals surface area contributed by atoms with E-state index in [1.54, 1.807) is 24.3 Å². The van der Waals surface area contributed by atoms with Crippen LogP contribution < -0.4 is 5.32 Å². The van der Waals surface area contributed by atoms with E-state index in [4.69, 9.17) is 16.0 Å². The molecular formula is C16H10ClF2N3O2S. The number of benzene rings is 2. The molecule has 9 heteroatoms. The lowest BCUT2D eigenvalue weighted by atomic mass is 10.2. The summed E-state index contributed by atoms with van der Waals surface area (Å²) in [5.74, 6) is -2.15. The van der Waals surface area contributed by atoms with Crippen LogP contribution in [0.2, 0.25) is 5.02 Å². The van der Waals surface area contributed by atoms with Gasteiger partial charge in [0.15, 0.2) is 0 Å². The van der Waals surface area contributed by atoms with E-state index in [1.165, 1.54) is 6.07 Å². The molecule has 0 atom stereocenters. The maximum Gasteiger partial charge on any atom is 0.277 e. The standard InChI is InChI=1S/C16H10ClF2N3O2S/c17-10-6-4-9(5-7-10)15-21-22-16(24-15)25-8-13(23)20-14-11(18)2-1-3-12(14)19/h1-7H,8H2,(H,20,23). The summed E-state index contributed by atoms with van der Waals surface area (Å²) >= 11 is 6.76. The SMILES string of the molecule is O=C(CSc1nnc(-c2ccc(Cl)cc2)o1)Nc1c(F)cccc1F. The number of para-hydroxylation sites is 1. The van der Waals surface area contributed by atoms with Gasteiger partial charge in [0, 0.05) is 10.6 Å². The maximum absolute atomic E-state index is 13.5. The topological polar surface area (TPSA) is 68.0 Å². The molecule has 1 heterocycles. The van der Waals surface area contributed by atoms with Crippen molar-refractivity contribution in [2.24, 2.45) is 0 Å². The molecule has 0 bridgehead atoms. The number of carbonyl (C=O) groups excluding carboxylic acids is 1. The second-order valence-corrected chi connectivity index (χ2v) is 6.18. The lowest BCUT2D eigenvalue weighted by Crippen LogP contribution is -2.16. The third kappa shape index (κ3) is 4.34. The molecule has 128 valence electrons. The summed E-state index contributed by atoms with van der Waals surface area (Å²) in [7, 11) is 0. The van der Waals surface area contributed by atoms with Gasteiger partial charge in [-0.25, -0.2) is 8.78 Å². The van der Waals surface area contributed by atoms with Crippen molar-refractivity contribution in [3.63, 3.8) is 0 Å². The van der Waals surface area contributed by atoms with Crippen LogP contribution in [0.25, 0.3) is 11.5 Å². The van der Waals surface area contributed by atoms with Crippen LogP contribution in [0.15, 0.2) is 52.1 Å². The Morgan fingerprint density at radius 3 is 2.48 bits per heavy atom. The highest BCUT2D eigenvalue weighted by Gasteiger charge is 2.14. The van der Waals surface area contributed by atoms with Crippen LogP contribution in [0.1, 0.15) is 0 Å². The number of amides is 1. The minimum absolute atomic E-state index is 0.143. The number of carbonyl (C=O) groups is 1. The van der Waals surface area contributed by atoms with Crippen molar-refractivity contribution in [1.82, 2.24) is 10.2 Å². The number of aromatic nitrogens is 2. The minimum Gasteiger partial charge on any atom is -0.411 e. The van der Waals surface area contributed by atoms with Crippen molar-refractivity contribution in [3.05, 3.63) is 59.1 Å². The number of nitrogens with one attached hydrogen (secondary N) is 1. The lowest BCUT2D eigenvalue weighted by Gasteiger charge is -2.06. The number of hydrogen-bond acceptors (Lipinski definition) is 5. The van der Waals surface area contributed by atoms with Gasteiger partial charge in [-0.3, -0.25) is 4.79 Å². The molecule has 3 rings (SSSR count). The highest BCUT2D eigenvalue weighted by atomic mass is 35.5. The third-order valence-electron chi connectivity index (χ3n) is 3.05. The Kier molecular flexibility index (Phi) is 5.30. The molecule has 3 aromatic rings. The molecule has 1 amide bonds. The first-order valence-electron chi connectivity index (χ1n) is 6.99. The predicted molar refractivity (Wildman–Crippen MR) is 90.5 cm³/mol. The molecule has 2 aromatic carbocycles. The number of halogens is 3. The van der Waals surface area contributed by atoms with E-state index in [0.29, 0.717) is 10.6 Å². The zero-order chi connectivity index (χ0) is 17.8. The predicted octanol–water partition coefficient (Wildman–Crippen LogP) is 4.40. The van der Waals surface area contributed by atoms with E-state index in [-0.39, 0.29) is 16.9 Å². The van der Waals surface area contributed by atoms with Crippen LogP contribution in [-0.4, -0.2) is 21.9 Å². The first-order chi connectivity index (χ1) is 12.0. The molecule has 1 aromatic heterocycles. The second kappa shape index (κ2) is 7.62. The molecule has 5 nitrogen and oxygen atoms in total. The van der Waals surface area contributed by atoms with Crippen LogP contribution in [0.5, 0.6) is 0 Å².